The van der Waals surface area contributed by atoms with E-state index in [2.05, 4.69) is 27.3 Å². The van der Waals surface area contributed by atoms with Gasteiger partial charge in [0.25, 0.3) is 0 Å². The first-order valence-electron chi connectivity index (χ1n) is 6.38. The van der Waals surface area contributed by atoms with Gasteiger partial charge in [-0.05, 0) is 31.5 Å². The molecule has 1 heterocycles. The highest BCUT2D eigenvalue weighted by Crippen LogP contribution is 2.32. The Morgan fingerprint density at radius 1 is 1.53 bits per heavy atom. The Labute approximate surface area is 121 Å². The Morgan fingerprint density at radius 3 is 3.05 bits per heavy atom. The Balaban J connectivity index is 1.95. The van der Waals surface area contributed by atoms with E-state index in [0.717, 1.165) is 22.2 Å². The molecule has 0 fully saturated rings. The van der Waals surface area contributed by atoms with E-state index in [0.29, 0.717) is 13.2 Å². The number of carbonyl (C=O) groups excluding carboxylic acids is 1. The van der Waals surface area contributed by atoms with Crippen molar-refractivity contribution in [1.82, 2.24) is 5.32 Å². The smallest absolute Gasteiger partial charge is 0.246 e. The van der Waals surface area contributed by atoms with Crippen molar-refractivity contribution in [2.45, 2.75) is 32.9 Å². The van der Waals surface area contributed by atoms with Gasteiger partial charge >= 0.3 is 0 Å². The Hall–Kier alpha value is -1.07. The molecule has 1 amide bonds. The summed E-state index contributed by atoms with van der Waals surface area (Å²) in [5.74, 6) is 0.800. The fourth-order valence-electron chi connectivity index (χ4n) is 1.96. The molecule has 0 saturated heterocycles. The molecule has 2 rings (SSSR count). The third-order valence-electron chi connectivity index (χ3n) is 2.85. The van der Waals surface area contributed by atoms with E-state index in [1.165, 1.54) is 5.56 Å². The van der Waals surface area contributed by atoms with Gasteiger partial charge in [0.05, 0.1) is 12.7 Å². The number of hydrogen-bond acceptors (Lipinski definition) is 3. The van der Waals surface area contributed by atoms with Crippen LogP contribution >= 0.6 is 15.9 Å². The Bertz CT molecular complexity index is 474. The standard InChI is InChI=1S/C14H18BrNO3/c1-9(2)19-8-13(17)16-7-11-6-12(15)5-10-3-4-18-14(10)11/h5-6,9H,3-4,7-8H2,1-2H3,(H,16,17). The van der Waals surface area contributed by atoms with Crippen molar-refractivity contribution in [2.75, 3.05) is 13.2 Å². The van der Waals surface area contributed by atoms with Crippen molar-refractivity contribution >= 4 is 21.8 Å². The third kappa shape index (κ3) is 3.94. The van der Waals surface area contributed by atoms with Crippen molar-refractivity contribution in [3.63, 3.8) is 0 Å². The molecule has 1 aromatic rings. The minimum absolute atomic E-state index is 0.0594. The maximum absolute atomic E-state index is 11.6. The summed E-state index contributed by atoms with van der Waals surface area (Å²) in [4.78, 5) is 11.6. The van der Waals surface area contributed by atoms with E-state index in [1.54, 1.807) is 0 Å². The van der Waals surface area contributed by atoms with Crippen LogP contribution in [0.3, 0.4) is 0 Å². The molecule has 0 saturated carbocycles. The molecule has 1 aliphatic rings. The van der Waals surface area contributed by atoms with Crippen LogP contribution in [0.25, 0.3) is 0 Å². The molecule has 1 aromatic carbocycles. The maximum Gasteiger partial charge on any atom is 0.246 e. The molecule has 5 heteroatoms. The number of halogens is 1. The van der Waals surface area contributed by atoms with Gasteiger partial charge in [-0.25, -0.2) is 0 Å². The second-order valence-corrected chi connectivity index (χ2v) is 5.70. The highest BCUT2D eigenvalue weighted by atomic mass is 79.9. The molecule has 0 bridgehead atoms. The maximum atomic E-state index is 11.6. The number of rotatable bonds is 5. The summed E-state index contributed by atoms with van der Waals surface area (Å²) in [5.41, 5.74) is 2.19. The fourth-order valence-corrected chi connectivity index (χ4v) is 2.52. The van der Waals surface area contributed by atoms with Crippen LogP contribution < -0.4 is 10.1 Å². The number of nitrogens with one attached hydrogen (secondary N) is 1. The van der Waals surface area contributed by atoms with Gasteiger partial charge < -0.3 is 14.8 Å². The van der Waals surface area contributed by atoms with Crippen molar-refractivity contribution < 1.29 is 14.3 Å². The van der Waals surface area contributed by atoms with Crippen molar-refractivity contribution in [3.05, 3.63) is 27.7 Å². The number of fused-ring (bicyclic) bond motifs is 1. The lowest BCUT2D eigenvalue weighted by atomic mass is 10.1. The van der Waals surface area contributed by atoms with E-state index in [4.69, 9.17) is 9.47 Å². The molecular formula is C14H18BrNO3. The van der Waals surface area contributed by atoms with Gasteiger partial charge in [0.15, 0.2) is 0 Å². The average Bonchev–Trinajstić information content (AvgIpc) is 2.81. The van der Waals surface area contributed by atoms with E-state index in [-0.39, 0.29) is 18.6 Å². The molecule has 19 heavy (non-hydrogen) atoms. The van der Waals surface area contributed by atoms with E-state index in [1.807, 2.05) is 19.9 Å². The zero-order valence-corrected chi connectivity index (χ0v) is 12.7. The summed E-state index contributed by atoms with van der Waals surface area (Å²) in [6, 6.07) is 4.04. The first kappa shape index (κ1) is 14.3. The van der Waals surface area contributed by atoms with E-state index >= 15 is 0 Å². The SMILES string of the molecule is CC(C)OCC(=O)NCc1cc(Br)cc2c1OCC2. The third-order valence-corrected chi connectivity index (χ3v) is 3.31. The van der Waals surface area contributed by atoms with Crippen LogP contribution in [-0.4, -0.2) is 25.2 Å². The minimum atomic E-state index is -0.111. The number of carbonyl (C=O) groups is 1. The molecule has 1 aliphatic heterocycles. The lowest BCUT2D eigenvalue weighted by molar-refractivity contribution is -0.127. The van der Waals surface area contributed by atoms with Crippen LogP contribution in [0, 0.1) is 0 Å². The number of ether oxygens (including phenoxy) is 2. The number of amides is 1. The summed E-state index contributed by atoms with van der Waals surface area (Å²) in [6.07, 6.45) is 0.982. The van der Waals surface area contributed by atoms with Crippen LogP contribution in [0.2, 0.25) is 0 Å². The molecule has 0 aliphatic carbocycles. The summed E-state index contributed by atoms with van der Waals surface area (Å²) >= 11 is 3.48. The summed E-state index contributed by atoms with van der Waals surface area (Å²) in [5, 5.41) is 2.85. The lowest BCUT2D eigenvalue weighted by Crippen LogP contribution is -2.28. The molecule has 0 unspecified atom stereocenters. The van der Waals surface area contributed by atoms with Gasteiger partial charge in [0, 0.05) is 23.0 Å². The number of benzene rings is 1. The van der Waals surface area contributed by atoms with E-state index < -0.39 is 0 Å². The van der Waals surface area contributed by atoms with Gasteiger partial charge in [-0.1, -0.05) is 15.9 Å². The summed E-state index contributed by atoms with van der Waals surface area (Å²) in [7, 11) is 0. The van der Waals surface area contributed by atoms with Crippen LogP contribution in [0.5, 0.6) is 5.75 Å². The second-order valence-electron chi connectivity index (χ2n) is 4.79. The lowest BCUT2D eigenvalue weighted by Gasteiger charge is -2.11. The van der Waals surface area contributed by atoms with Gasteiger partial charge in [-0.15, -0.1) is 0 Å². The summed E-state index contributed by atoms with van der Waals surface area (Å²) < 4.78 is 11.9. The second kappa shape index (κ2) is 6.39. The first-order valence-corrected chi connectivity index (χ1v) is 7.18. The van der Waals surface area contributed by atoms with Crippen LogP contribution in [0.1, 0.15) is 25.0 Å². The van der Waals surface area contributed by atoms with Crippen molar-refractivity contribution in [2.24, 2.45) is 0 Å². The molecular weight excluding hydrogens is 310 g/mol. The highest BCUT2D eigenvalue weighted by Gasteiger charge is 2.17. The molecule has 4 nitrogen and oxygen atoms in total. The van der Waals surface area contributed by atoms with Crippen LogP contribution in [-0.2, 0) is 22.5 Å². The van der Waals surface area contributed by atoms with Gasteiger partial charge in [0.1, 0.15) is 12.4 Å². The van der Waals surface area contributed by atoms with Gasteiger partial charge in [-0.2, -0.15) is 0 Å². The van der Waals surface area contributed by atoms with Crippen molar-refractivity contribution in [3.8, 4) is 5.75 Å². The van der Waals surface area contributed by atoms with Gasteiger partial charge in [-0.3, -0.25) is 4.79 Å². The highest BCUT2D eigenvalue weighted by molar-refractivity contribution is 9.10. The van der Waals surface area contributed by atoms with Crippen LogP contribution in [0.4, 0.5) is 0 Å². The molecule has 0 spiro atoms. The topological polar surface area (TPSA) is 47.6 Å². The van der Waals surface area contributed by atoms with Crippen molar-refractivity contribution in [1.29, 1.82) is 0 Å². The predicted molar refractivity (Wildman–Crippen MR) is 76.3 cm³/mol. The zero-order chi connectivity index (χ0) is 13.8. The first-order chi connectivity index (χ1) is 9.06. The molecule has 0 radical (unpaired) electrons. The molecule has 0 aromatic heterocycles. The largest absolute Gasteiger partial charge is 0.493 e. The summed E-state index contributed by atoms with van der Waals surface area (Å²) in [6.45, 7) is 5.07. The Kier molecular flexibility index (Phi) is 4.82. The number of hydrogen-bond donors (Lipinski definition) is 1. The van der Waals surface area contributed by atoms with Crippen LogP contribution in [0.15, 0.2) is 16.6 Å². The fraction of sp³-hybridized carbons (Fsp3) is 0.500. The average molecular weight is 328 g/mol. The Morgan fingerprint density at radius 2 is 2.32 bits per heavy atom. The zero-order valence-electron chi connectivity index (χ0n) is 11.2. The monoisotopic (exact) mass is 327 g/mol. The minimum Gasteiger partial charge on any atom is -0.493 e. The molecule has 0 atom stereocenters. The molecule has 104 valence electrons. The normalized spacial score (nSPS) is 13.3. The quantitative estimate of drug-likeness (QED) is 0.903. The van der Waals surface area contributed by atoms with Gasteiger partial charge in [0.2, 0.25) is 5.91 Å². The molecule has 1 N–H and O–H groups in total. The van der Waals surface area contributed by atoms with E-state index in [9.17, 15) is 4.79 Å². The predicted octanol–water partition coefficient (Wildman–Crippen LogP) is 2.43.